The van der Waals surface area contributed by atoms with Gasteiger partial charge in [-0.3, -0.25) is 14.5 Å². The van der Waals surface area contributed by atoms with Crippen LogP contribution in [0.2, 0.25) is 0 Å². The molecule has 13 heteroatoms. The summed E-state index contributed by atoms with van der Waals surface area (Å²) in [6.07, 6.45) is 1.93. The summed E-state index contributed by atoms with van der Waals surface area (Å²) in [4.78, 5) is 39.7. The number of benzene rings is 2. The van der Waals surface area contributed by atoms with E-state index in [2.05, 4.69) is 5.32 Å². The van der Waals surface area contributed by atoms with Gasteiger partial charge in [-0.25, -0.2) is 22.0 Å². The first kappa shape index (κ1) is 30.2. The Morgan fingerprint density at radius 2 is 1.80 bits per heavy atom. The zero-order chi connectivity index (χ0) is 30.4. The second-order valence-corrected chi connectivity index (χ2v) is 13.6. The Kier molecular flexibility index (Phi) is 8.05. The number of nitrogen functional groups attached to an aromatic ring is 1. The van der Waals surface area contributed by atoms with Gasteiger partial charge in [-0.05, 0) is 69.2 Å². The number of hydrogen-bond acceptors (Lipinski definition) is 7. The highest BCUT2D eigenvalue weighted by Crippen LogP contribution is 2.43. The van der Waals surface area contributed by atoms with Gasteiger partial charge in [0.1, 0.15) is 17.7 Å². The molecular weight excluding hydrogens is 558 g/mol. The summed E-state index contributed by atoms with van der Waals surface area (Å²) in [7, 11) is -3.73. The van der Waals surface area contributed by atoms with Gasteiger partial charge < -0.3 is 21.5 Å². The number of nitrogens with zero attached hydrogens (tertiary/aromatic N) is 1. The Balaban J connectivity index is 1.56. The molecule has 2 aromatic carbocycles. The van der Waals surface area contributed by atoms with Crippen LogP contribution in [0, 0.1) is 17.6 Å². The van der Waals surface area contributed by atoms with Gasteiger partial charge in [0.25, 0.3) is 0 Å². The van der Waals surface area contributed by atoms with Crippen LogP contribution in [-0.2, 0) is 30.6 Å². The molecule has 4 unspecified atom stereocenters. The number of halogens is 2. The fourth-order valence-electron chi connectivity index (χ4n) is 5.60. The maximum atomic E-state index is 15.2. The van der Waals surface area contributed by atoms with Crippen molar-refractivity contribution in [1.29, 1.82) is 0 Å². The third kappa shape index (κ3) is 6.29. The van der Waals surface area contributed by atoms with Crippen LogP contribution in [0.3, 0.4) is 0 Å². The van der Waals surface area contributed by atoms with Gasteiger partial charge in [0, 0.05) is 24.3 Å². The smallest absolute Gasteiger partial charge is 0.411 e. The molecule has 1 aliphatic carbocycles. The first-order valence-electron chi connectivity index (χ1n) is 13.2. The Morgan fingerprint density at radius 1 is 1.12 bits per heavy atom. The minimum Gasteiger partial charge on any atom is -0.444 e. The summed E-state index contributed by atoms with van der Waals surface area (Å²) >= 11 is 0. The number of amides is 3. The van der Waals surface area contributed by atoms with E-state index in [4.69, 9.17) is 16.2 Å². The molecule has 0 radical (unpaired) electrons. The van der Waals surface area contributed by atoms with Crippen molar-refractivity contribution in [3.63, 3.8) is 0 Å². The summed E-state index contributed by atoms with van der Waals surface area (Å²) in [6.45, 7) is 5.15. The van der Waals surface area contributed by atoms with Crippen molar-refractivity contribution >= 4 is 33.4 Å². The van der Waals surface area contributed by atoms with Gasteiger partial charge in [0.15, 0.2) is 21.5 Å². The summed E-state index contributed by atoms with van der Waals surface area (Å²) < 4.78 is 59.9. The van der Waals surface area contributed by atoms with Gasteiger partial charge >= 0.3 is 6.09 Å². The van der Waals surface area contributed by atoms with E-state index in [0.29, 0.717) is 6.42 Å². The van der Waals surface area contributed by atoms with E-state index >= 15 is 8.78 Å². The van der Waals surface area contributed by atoms with Crippen LogP contribution < -0.4 is 16.8 Å². The number of nitrogens with two attached hydrogens (primary N) is 2. The third-order valence-electron chi connectivity index (χ3n) is 7.43. The molecule has 1 heterocycles. The Hall–Kier alpha value is -3.74. The monoisotopic (exact) mass is 592 g/mol. The summed E-state index contributed by atoms with van der Waals surface area (Å²) in [5.41, 5.74) is 10.1. The lowest BCUT2D eigenvalue weighted by molar-refractivity contribution is -0.132. The number of nitrogens with one attached hydrogen (secondary N) is 1. The number of likely N-dealkylation sites (tertiary alicyclic amines) is 1. The largest absolute Gasteiger partial charge is 0.444 e. The summed E-state index contributed by atoms with van der Waals surface area (Å²) in [5.74, 6) is -4.28. The van der Waals surface area contributed by atoms with E-state index in [1.807, 2.05) is 0 Å². The fourth-order valence-corrected chi connectivity index (χ4v) is 6.43. The van der Waals surface area contributed by atoms with E-state index in [-0.39, 0.29) is 39.2 Å². The minimum absolute atomic E-state index is 0.0329. The van der Waals surface area contributed by atoms with Crippen LogP contribution in [0.1, 0.15) is 45.6 Å². The molecule has 2 aliphatic rings. The quantitative estimate of drug-likeness (QED) is 0.417. The van der Waals surface area contributed by atoms with E-state index in [1.54, 1.807) is 20.8 Å². The first-order valence-corrected chi connectivity index (χ1v) is 15.0. The van der Waals surface area contributed by atoms with Crippen molar-refractivity contribution in [3.8, 4) is 11.1 Å². The number of primary amides is 1. The van der Waals surface area contributed by atoms with Crippen LogP contribution in [0.15, 0.2) is 35.2 Å². The predicted molar refractivity (Wildman–Crippen MR) is 147 cm³/mol. The lowest BCUT2D eigenvalue weighted by atomic mass is 9.96. The van der Waals surface area contributed by atoms with Crippen molar-refractivity contribution in [2.75, 3.05) is 12.0 Å². The van der Waals surface area contributed by atoms with E-state index in [1.165, 1.54) is 29.2 Å². The van der Waals surface area contributed by atoms with Crippen LogP contribution in [-0.4, -0.2) is 61.2 Å². The number of carbonyl (C=O) groups is 3. The highest BCUT2D eigenvalue weighted by Gasteiger charge is 2.52. The number of sulfone groups is 1. The molecule has 1 saturated heterocycles. The second kappa shape index (κ2) is 10.9. The van der Waals surface area contributed by atoms with Gasteiger partial charge in [0.05, 0.1) is 10.6 Å². The maximum absolute atomic E-state index is 15.2. The van der Waals surface area contributed by atoms with Crippen molar-refractivity contribution < 1.29 is 36.3 Å². The molecule has 4 rings (SSSR count). The zero-order valence-corrected chi connectivity index (χ0v) is 24.1. The molecule has 2 aromatic rings. The molecule has 5 N–H and O–H groups in total. The Morgan fingerprint density at radius 3 is 2.41 bits per heavy atom. The third-order valence-corrected chi connectivity index (χ3v) is 8.58. The molecule has 3 amide bonds. The summed E-state index contributed by atoms with van der Waals surface area (Å²) in [6, 6.07) is 3.82. The molecule has 0 aromatic heterocycles. The van der Waals surface area contributed by atoms with Crippen molar-refractivity contribution in [3.05, 3.63) is 47.5 Å². The van der Waals surface area contributed by atoms with Gasteiger partial charge in [-0.15, -0.1) is 0 Å². The molecule has 0 spiro atoms. The maximum Gasteiger partial charge on any atom is 0.411 e. The molecule has 41 heavy (non-hydrogen) atoms. The van der Waals surface area contributed by atoms with Crippen LogP contribution in [0.25, 0.3) is 11.1 Å². The molecule has 1 saturated carbocycles. The molecule has 2 bridgehead atoms. The number of fused-ring (bicyclic) bond motifs is 2. The molecular formula is C28H34F2N4O6S. The fraction of sp³-hybridized carbons (Fsp3) is 0.464. The Bertz CT molecular complexity index is 1510. The molecule has 10 nitrogen and oxygen atoms in total. The van der Waals surface area contributed by atoms with Gasteiger partial charge in [-0.2, -0.15) is 0 Å². The molecule has 222 valence electrons. The average molecular weight is 593 g/mol. The van der Waals surface area contributed by atoms with Crippen LogP contribution in [0.5, 0.6) is 0 Å². The topological polar surface area (TPSA) is 162 Å². The number of anilines is 1. The number of carbonyl (C=O) groups excluding carboxylic acids is 3. The highest BCUT2D eigenvalue weighted by molar-refractivity contribution is 7.90. The highest BCUT2D eigenvalue weighted by atomic mass is 32.2. The normalized spacial score (nSPS) is 21.0. The average Bonchev–Trinajstić information content (AvgIpc) is 3.47. The van der Waals surface area contributed by atoms with Crippen LogP contribution >= 0.6 is 0 Å². The number of ether oxygens (including phenoxy) is 1. The minimum atomic E-state index is -3.73. The van der Waals surface area contributed by atoms with Crippen molar-refractivity contribution in [2.24, 2.45) is 11.7 Å². The lowest BCUT2D eigenvalue weighted by Gasteiger charge is -2.36. The zero-order valence-electron chi connectivity index (χ0n) is 23.2. The first-order chi connectivity index (χ1) is 19.0. The van der Waals surface area contributed by atoms with Crippen molar-refractivity contribution in [2.45, 2.75) is 75.1 Å². The van der Waals surface area contributed by atoms with Gasteiger partial charge in [-0.1, -0.05) is 18.2 Å². The van der Waals surface area contributed by atoms with E-state index in [0.717, 1.165) is 25.2 Å². The number of hydrogen-bond donors (Lipinski definition) is 3. The molecule has 1 aliphatic heterocycles. The van der Waals surface area contributed by atoms with Crippen LogP contribution in [0.4, 0.5) is 19.3 Å². The number of piperidine rings is 1. The molecule has 2 fully saturated rings. The Labute approximate surface area is 237 Å². The lowest BCUT2D eigenvalue weighted by Crippen LogP contribution is -2.57. The van der Waals surface area contributed by atoms with Crippen molar-refractivity contribution in [1.82, 2.24) is 10.2 Å². The van der Waals surface area contributed by atoms with E-state index < -0.39 is 63.5 Å². The van der Waals surface area contributed by atoms with Gasteiger partial charge in [0.2, 0.25) is 11.8 Å². The predicted octanol–water partition coefficient (Wildman–Crippen LogP) is 2.92. The SMILES string of the molecule is CC(C)(C)OC(=O)N1C2CCC(C2)C1C(=O)NC(Cc1ccc(-c2ccc(N)c(S(C)(=O)=O)c2)c(F)c1F)C(N)=O. The van der Waals surface area contributed by atoms with E-state index in [9.17, 15) is 22.8 Å². The second-order valence-electron chi connectivity index (χ2n) is 11.7. The number of rotatable bonds is 7. The summed E-state index contributed by atoms with van der Waals surface area (Å²) in [5, 5.41) is 2.53. The standard InChI is InChI=1S/C28H34F2N4O6S/c1-28(2,3)40-27(37)34-17-8-5-16(11-17)24(34)26(36)33-20(25(32)35)12-15-6-9-18(23(30)22(15)29)14-7-10-19(31)21(13-14)41(4,38)39/h6-7,9-10,13,16-17,20,24H,5,8,11-12,31H2,1-4H3,(H2,32,35)(H,33,36). The molecule has 4 atom stereocenters.